The van der Waals surface area contributed by atoms with Gasteiger partial charge in [-0.3, -0.25) is 14.9 Å². The van der Waals surface area contributed by atoms with Crippen LogP contribution in [-0.2, 0) is 11.3 Å². The highest BCUT2D eigenvalue weighted by atomic mass is 32.2. The highest BCUT2D eigenvalue weighted by Crippen LogP contribution is 2.21. The van der Waals surface area contributed by atoms with E-state index < -0.39 is 4.92 Å². The third-order valence-electron chi connectivity index (χ3n) is 3.04. The lowest BCUT2D eigenvalue weighted by atomic mass is 10.2. The van der Waals surface area contributed by atoms with Gasteiger partial charge in [0.05, 0.1) is 17.8 Å². The van der Waals surface area contributed by atoms with E-state index in [4.69, 9.17) is 4.74 Å². The molecule has 1 amide bonds. The summed E-state index contributed by atoms with van der Waals surface area (Å²) in [5.74, 6) is 0.898. The Morgan fingerprint density at radius 1 is 1.26 bits per heavy atom. The normalized spacial score (nSPS) is 10.1. The zero-order chi connectivity index (χ0) is 16.7. The van der Waals surface area contributed by atoms with Crippen molar-refractivity contribution in [2.75, 3.05) is 12.9 Å². The van der Waals surface area contributed by atoms with Gasteiger partial charge in [-0.15, -0.1) is 11.8 Å². The van der Waals surface area contributed by atoms with Crippen LogP contribution >= 0.6 is 11.8 Å². The summed E-state index contributed by atoms with van der Waals surface area (Å²) < 4.78 is 5.13. The van der Waals surface area contributed by atoms with E-state index >= 15 is 0 Å². The number of methoxy groups -OCH3 is 1. The molecular formula is C16H16N2O4S. The number of non-ortho nitro benzene ring substituents is 1. The van der Waals surface area contributed by atoms with Crippen molar-refractivity contribution in [3.63, 3.8) is 0 Å². The number of amides is 1. The maximum atomic E-state index is 11.8. The third kappa shape index (κ3) is 5.30. The molecule has 0 fully saturated rings. The zero-order valence-electron chi connectivity index (χ0n) is 12.5. The molecule has 0 radical (unpaired) electrons. The average Bonchev–Trinajstić information content (AvgIpc) is 2.58. The van der Waals surface area contributed by atoms with Gasteiger partial charge in [-0.05, 0) is 29.8 Å². The molecule has 0 atom stereocenters. The van der Waals surface area contributed by atoms with Crippen molar-refractivity contribution in [3.8, 4) is 5.75 Å². The quantitative estimate of drug-likeness (QED) is 0.479. The molecule has 0 saturated heterocycles. The van der Waals surface area contributed by atoms with Crippen molar-refractivity contribution in [3.05, 3.63) is 64.2 Å². The van der Waals surface area contributed by atoms with Gasteiger partial charge < -0.3 is 10.1 Å². The minimum atomic E-state index is -0.449. The van der Waals surface area contributed by atoms with E-state index in [9.17, 15) is 14.9 Å². The summed E-state index contributed by atoms with van der Waals surface area (Å²) in [6, 6.07) is 13.6. The molecule has 0 bridgehead atoms. The van der Waals surface area contributed by atoms with Gasteiger partial charge in [0.25, 0.3) is 5.69 Å². The van der Waals surface area contributed by atoms with Crippen LogP contribution in [0.1, 0.15) is 5.56 Å². The number of ether oxygens (including phenoxy) is 1. The Morgan fingerprint density at radius 2 is 2.00 bits per heavy atom. The SMILES string of the molecule is COc1cccc(CNC(=O)CSc2ccc([N+](=O)[O-])cc2)c1. The first-order valence-corrected chi connectivity index (χ1v) is 7.84. The third-order valence-corrected chi connectivity index (χ3v) is 4.05. The van der Waals surface area contributed by atoms with E-state index in [0.717, 1.165) is 16.2 Å². The fourth-order valence-electron chi connectivity index (χ4n) is 1.85. The number of thioether (sulfide) groups is 1. The van der Waals surface area contributed by atoms with Gasteiger partial charge >= 0.3 is 0 Å². The van der Waals surface area contributed by atoms with Crippen LogP contribution in [0.4, 0.5) is 5.69 Å². The Morgan fingerprint density at radius 3 is 2.65 bits per heavy atom. The number of benzene rings is 2. The summed E-state index contributed by atoms with van der Waals surface area (Å²) in [6.07, 6.45) is 0. The zero-order valence-corrected chi connectivity index (χ0v) is 13.3. The van der Waals surface area contributed by atoms with E-state index in [1.807, 2.05) is 24.3 Å². The van der Waals surface area contributed by atoms with Crippen molar-refractivity contribution in [1.82, 2.24) is 5.32 Å². The van der Waals surface area contributed by atoms with Crippen LogP contribution in [0.15, 0.2) is 53.4 Å². The Kier molecular flexibility index (Phi) is 5.99. The number of hydrogen-bond donors (Lipinski definition) is 1. The van der Waals surface area contributed by atoms with Gasteiger partial charge in [0.1, 0.15) is 5.75 Å². The first-order chi connectivity index (χ1) is 11.1. The average molecular weight is 332 g/mol. The highest BCUT2D eigenvalue weighted by Gasteiger charge is 2.06. The standard InChI is InChI=1S/C16H16N2O4S/c1-22-14-4-2-3-12(9-14)10-17-16(19)11-23-15-7-5-13(6-8-15)18(20)21/h2-9H,10-11H2,1H3,(H,17,19). The van der Waals surface area contributed by atoms with Crippen LogP contribution < -0.4 is 10.1 Å². The number of rotatable bonds is 7. The second kappa shape index (κ2) is 8.19. The number of nitro groups is 1. The van der Waals surface area contributed by atoms with E-state index in [1.54, 1.807) is 19.2 Å². The maximum absolute atomic E-state index is 11.8. The Labute approximate surface area is 138 Å². The molecule has 1 N–H and O–H groups in total. The number of nitrogens with zero attached hydrogens (tertiary/aromatic N) is 1. The first-order valence-electron chi connectivity index (χ1n) is 6.85. The molecule has 0 aliphatic rings. The molecule has 6 nitrogen and oxygen atoms in total. The van der Waals surface area contributed by atoms with Crippen molar-refractivity contribution in [2.24, 2.45) is 0 Å². The van der Waals surface area contributed by atoms with Gasteiger partial charge in [0, 0.05) is 23.6 Å². The topological polar surface area (TPSA) is 81.5 Å². The van der Waals surface area contributed by atoms with Crippen LogP contribution in [0, 0.1) is 10.1 Å². The van der Waals surface area contributed by atoms with E-state index in [2.05, 4.69) is 5.32 Å². The lowest BCUT2D eigenvalue weighted by molar-refractivity contribution is -0.384. The molecule has 2 rings (SSSR count). The van der Waals surface area contributed by atoms with Crippen molar-refractivity contribution in [1.29, 1.82) is 0 Å². The van der Waals surface area contributed by atoms with Crippen molar-refractivity contribution >= 4 is 23.4 Å². The number of carbonyl (C=O) groups is 1. The Bertz CT molecular complexity index is 689. The molecule has 0 saturated carbocycles. The van der Waals surface area contributed by atoms with Gasteiger partial charge in [0.15, 0.2) is 0 Å². The molecule has 0 heterocycles. The minimum absolute atomic E-state index is 0.0387. The Balaban J connectivity index is 1.79. The number of carbonyl (C=O) groups excluding carboxylic acids is 1. The van der Waals surface area contributed by atoms with Crippen LogP contribution in [0.5, 0.6) is 5.75 Å². The molecule has 7 heteroatoms. The molecule has 0 aliphatic heterocycles. The molecule has 0 unspecified atom stereocenters. The number of nitro benzene ring substituents is 1. The van der Waals surface area contributed by atoms with Gasteiger partial charge in [-0.1, -0.05) is 12.1 Å². The molecule has 2 aromatic rings. The van der Waals surface area contributed by atoms with E-state index in [1.165, 1.54) is 23.9 Å². The molecule has 120 valence electrons. The summed E-state index contributed by atoms with van der Waals surface area (Å²) in [4.78, 5) is 22.8. The molecule has 23 heavy (non-hydrogen) atoms. The molecule has 0 spiro atoms. The summed E-state index contributed by atoms with van der Waals surface area (Å²) in [5, 5.41) is 13.4. The second-order valence-corrected chi connectivity index (χ2v) is 5.72. The van der Waals surface area contributed by atoms with Crippen LogP contribution in [0.3, 0.4) is 0 Å². The summed E-state index contributed by atoms with van der Waals surface area (Å²) in [6.45, 7) is 0.427. The molecule has 2 aromatic carbocycles. The Hall–Kier alpha value is -2.54. The van der Waals surface area contributed by atoms with Crippen LogP contribution in [-0.4, -0.2) is 23.7 Å². The van der Waals surface area contributed by atoms with Gasteiger partial charge in [0.2, 0.25) is 5.91 Å². The largest absolute Gasteiger partial charge is 0.497 e. The lowest BCUT2D eigenvalue weighted by Crippen LogP contribution is -2.24. The fraction of sp³-hybridized carbons (Fsp3) is 0.188. The molecule has 0 aromatic heterocycles. The van der Waals surface area contributed by atoms with Gasteiger partial charge in [-0.25, -0.2) is 0 Å². The van der Waals surface area contributed by atoms with E-state index in [0.29, 0.717) is 6.54 Å². The number of hydrogen-bond acceptors (Lipinski definition) is 5. The van der Waals surface area contributed by atoms with Crippen LogP contribution in [0.2, 0.25) is 0 Å². The second-order valence-electron chi connectivity index (χ2n) is 4.67. The summed E-state index contributed by atoms with van der Waals surface area (Å²) in [5.41, 5.74) is 0.995. The smallest absolute Gasteiger partial charge is 0.269 e. The predicted octanol–water partition coefficient (Wildman–Crippen LogP) is 3.01. The van der Waals surface area contributed by atoms with E-state index in [-0.39, 0.29) is 17.3 Å². The predicted molar refractivity (Wildman–Crippen MR) is 88.7 cm³/mol. The first kappa shape index (κ1) is 16.8. The van der Waals surface area contributed by atoms with Crippen LogP contribution in [0.25, 0.3) is 0 Å². The molecular weight excluding hydrogens is 316 g/mol. The van der Waals surface area contributed by atoms with Gasteiger partial charge in [-0.2, -0.15) is 0 Å². The fourth-order valence-corrected chi connectivity index (χ4v) is 2.58. The lowest BCUT2D eigenvalue weighted by Gasteiger charge is -2.07. The summed E-state index contributed by atoms with van der Waals surface area (Å²) >= 11 is 1.33. The minimum Gasteiger partial charge on any atom is -0.497 e. The van der Waals surface area contributed by atoms with Crippen molar-refractivity contribution < 1.29 is 14.5 Å². The molecule has 0 aliphatic carbocycles. The highest BCUT2D eigenvalue weighted by molar-refractivity contribution is 8.00. The maximum Gasteiger partial charge on any atom is 0.269 e. The summed E-state index contributed by atoms with van der Waals surface area (Å²) in [7, 11) is 1.60. The monoisotopic (exact) mass is 332 g/mol. The van der Waals surface area contributed by atoms with Crippen molar-refractivity contribution in [2.45, 2.75) is 11.4 Å². The number of nitrogens with one attached hydrogen (secondary N) is 1.